The number of anilines is 1. The first-order valence-electron chi connectivity index (χ1n) is 9.06. The van der Waals surface area contributed by atoms with Crippen molar-refractivity contribution in [3.63, 3.8) is 0 Å². The van der Waals surface area contributed by atoms with Gasteiger partial charge in [-0.1, -0.05) is 18.2 Å². The van der Waals surface area contributed by atoms with E-state index in [1.807, 2.05) is 25.9 Å². The van der Waals surface area contributed by atoms with Crippen molar-refractivity contribution in [3.8, 4) is 5.75 Å². The van der Waals surface area contributed by atoms with Gasteiger partial charge in [-0.2, -0.15) is 0 Å². The lowest BCUT2D eigenvalue weighted by Gasteiger charge is -2.24. The van der Waals surface area contributed by atoms with E-state index in [-0.39, 0.29) is 17.3 Å². The highest BCUT2D eigenvalue weighted by Crippen LogP contribution is 2.25. The molecule has 1 amide bonds. The lowest BCUT2D eigenvalue weighted by molar-refractivity contribution is -0.119. The zero-order chi connectivity index (χ0) is 20.6. The van der Waals surface area contributed by atoms with Crippen LogP contribution in [0.4, 0.5) is 5.69 Å². The van der Waals surface area contributed by atoms with Crippen molar-refractivity contribution in [1.29, 1.82) is 0 Å². The third-order valence-electron chi connectivity index (χ3n) is 3.94. The van der Waals surface area contributed by atoms with Crippen LogP contribution in [0, 0.1) is 0 Å². The summed E-state index contributed by atoms with van der Waals surface area (Å²) in [6, 6.07) is 14.7. The van der Waals surface area contributed by atoms with Crippen LogP contribution in [0.3, 0.4) is 0 Å². The maximum absolute atomic E-state index is 13.2. The number of carbonyl (C=O) groups is 1. The molecule has 0 saturated heterocycles. The molecule has 0 radical (unpaired) electrons. The molecule has 0 atom stereocenters. The Kier molecular flexibility index (Phi) is 7.83. The average Bonchev–Trinajstić information content (AvgIpc) is 2.67. The van der Waals surface area contributed by atoms with Crippen LogP contribution in [-0.2, 0) is 14.8 Å². The number of nitrogens with one attached hydrogen (secondary N) is 1. The second-order valence-electron chi connectivity index (χ2n) is 6.40. The van der Waals surface area contributed by atoms with Gasteiger partial charge in [-0.15, -0.1) is 0 Å². The van der Waals surface area contributed by atoms with Gasteiger partial charge in [-0.25, -0.2) is 8.42 Å². The fourth-order valence-electron chi connectivity index (χ4n) is 2.52. The van der Waals surface area contributed by atoms with E-state index in [1.54, 1.807) is 42.5 Å². The third-order valence-corrected chi connectivity index (χ3v) is 5.72. The summed E-state index contributed by atoms with van der Waals surface area (Å²) in [6.45, 7) is 3.19. The molecule has 2 aromatic rings. The maximum atomic E-state index is 13.2. The lowest BCUT2D eigenvalue weighted by atomic mass is 10.3. The van der Waals surface area contributed by atoms with Crippen molar-refractivity contribution < 1.29 is 17.9 Å². The molecule has 0 aromatic heterocycles. The number of ether oxygens (including phenoxy) is 1. The van der Waals surface area contributed by atoms with Gasteiger partial charge in [-0.3, -0.25) is 9.10 Å². The molecule has 7 nitrogen and oxygen atoms in total. The van der Waals surface area contributed by atoms with Gasteiger partial charge in [0, 0.05) is 13.1 Å². The van der Waals surface area contributed by atoms with Crippen LogP contribution in [0.5, 0.6) is 5.75 Å². The van der Waals surface area contributed by atoms with Gasteiger partial charge in [0.1, 0.15) is 12.3 Å². The van der Waals surface area contributed by atoms with Crippen molar-refractivity contribution in [2.75, 3.05) is 44.6 Å². The summed E-state index contributed by atoms with van der Waals surface area (Å²) < 4.78 is 32.9. The third kappa shape index (κ3) is 5.97. The van der Waals surface area contributed by atoms with Crippen LogP contribution in [0.25, 0.3) is 0 Å². The van der Waals surface area contributed by atoms with Crippen molar-refractivity contribution in [2.24, 2.45) is 0 Å². The van der Waals surface area contributed by atoms with Gasteiger partial charge in [0.15, 0.2) is 0 Å². The van der Waals surface area contributed by atoms with Crippen LogP contribution < -0.4 is 14.4 Å². The largest absolute Gasteiger partial charge is 0.494 e. The summed E-state index contributed by atoms with van der Waals surface area (Å²) in [7, 11) is -0.0923. The Hall–Kier alpha value is -2.58. The maximum Gasteiger partial charge on any atom is 0.264 e. The van der Waals surface area contributed by atoms with Crippen LogP contribution in [0.2, 0.25) is 0 Å². The van der Waals surface area contributed by atoms with Gasteiger partial charge in [0.2, 0.25) is 5.91 Å². The molecule has 0 fully saturated rings. The standard InChI is InChI=1S/C20H27N3O4S/c1-4-27-18-12-10-17(11-13-18)23(16-20(24)21-14-15-22(2)3)28(25,26)19-8-6-5-7-9-19/h5-13H,4,14-16H2,1-3H3,(H,21,24). The predicted octanol–water partition coefficient (Wildman–Crippen LogP) is 1.96. The van der Waals surface area contributed by atoms with Crippen molar-refractivity contribution >= 4 is 21.6 Å². The first kappa shape index (κ1) is 21.7. The molecule has 0 spiro atoms. The van der Waals surface area contributed by atoms with Crippen LogP contribution in [-0.4, -0.2) is 59.6 Å². The number of amides is 1. The number of benzene rings is 2. The SMILES string of the molecule is CCOc1ccc(N(CC(=O)NCCN(C)C)S(=O)(=O)c2ccccc2)cc1. The Morgan fingerprint density at radius 1 is 1.04 bits per heavy atom. The molecule has 0 aliphatic rings. The topological polar surface area (TPSA) is 79.0 Å². The van der Waals surface area contributed by atoms with Gasteiger partial charge in [0.05, 0.1) is 17.2 Å². The molecule has 0 bridgehead atoms. The Balaban J connectivity index is 2.29. The molecule has 0 saturated carbocycles. The normalized spacial score (nSPS) is 11.3. The van der Waals surface area contributed by atoms with E-state index in [4.69, 9.17) is 4.74 Å². The molecule has 0 heterocycles. The molecule has 0 unspecified atom stereocenters. The fourth-order valence-corrected chi connectivity index (χ4v) is 3.96. The summed E-state index contributed by atoms with van der Waals surface area (Å²) in [5, 5.41) is 2.76. The Morgan fingerprint density at radius 2 is 1.68 bits per heavy atom. The van der Waals surface area contributed by atoms with E-state index < -0.39 is 10.0 Å². The van der Waals surface area contributed by atoms with Crippen LogP contribution >= 0.6 is 0 Å². The monoisotopic (exact) mass is 405 g/mol. The Bertz CT molecular complexity index is 853. The summed E-state index contributed by atoms with van der Waals surface area (Å²) in [4.78, 5) is 14.5. The van der Waals surface area contributed by atoms with E-state index in [9.17, 15) is 13.2 Å². The van der Waals surface area contributed by atoms with Gasteiger partial charge in [0.25, 0.3) is 10.0 Å². The molecule has 1 N–H and O–H groups in total. The highest BCUT2D eigenvalue weighted by atomic mass is 32.2. The zero-order valence-corrected chi connectivity index (χ0v) is 17.3. The summed E-state index contributed by atoms with van der Waals surface area (Å²) in [6.07, 6.45) is 0. The van der Waals surface area contributed by atoms with Crippen molar-refractivity contribution in [3.05, 3.63) is 54.6 Å². The van der Waals surface area contributed by atoms with Gasteiger partial charge < -0.3 is 15.0 Å². The summed E-state index contributed by atoms with van der Waals surface area (Å²) in [5.41, 5.74) is 0.398. The number of rotatable bonds is 10. The van der Waals surface area contributed by atoms with Crippen molar-refractivity contribution in [1.82, 2.24) is 10.2 Å². The van der Waals surface area contributed by atoms with Gasteiger partial charge >= 0.3 is 0 Å². The quantitative estimate of drug-likeness (QED) is 0.654. The minimum atomic E-state index is -3.89. The molecule has 2 rings (SSSR count). The highest BCUT2D eigenvalue weighted by molar-refractivity contribution is 7.92. The molecular formula is C20H27N3O4S. The highest BCUT2D eigenvalue weighted by Gasteiger charge is 2.27. The molecule has 0 aliphatic heterocycles. The predicted molar refractivity (Wildman–Crippen MR) is 110 cm³/mol. The smallest absolute Gasteiger partial charge is 0.264 e. The fraction of sp³-hybridized carbons (Fsp3) is 0.350. The zero-order valence-electron chi connectivity index (χ0n) is 16.5. The summed E-state index contributed by atoms with van der Waals surface area (Å²) in [5.74, 6) is 0.272. The van der Waals surface area contributed by atoms with E-state index in [0.29, 0.717) is 31.1 Å². The minimum Gasteiger partial charge on any atom is -0.494 e. The van der Waals surface area contributed by atoms with Crippen LogP contribution in [0.15, 0.2) is 59.5 Å². The Labute approximate surface area is 167 Å². The average molecular weight is 406 g/mol. The molecule has 2 aromatic carbocycles. The summed E-state index contributed by atoms with van der Waals surface area (Å²) >= 11 is 0. The molecule has 28 heavy (non-hydrogen) atoms. The first-order valence-corrected chi connectivity index (χ1v) is 10.5. The molecular weight excluding hydrogens is 378 g/mol. The number of hydrogen-bond donors (Lipinski definition) is 1. The second kappa shape index (κ2) is 10.1. The number of hydrogen-bond acceptors (Lipinski definition) is 5. The lowest BCUT2D eigenvalue weighted by Crippen LogP contribution is -2.42. The van der Waals surface area contributed by atoms with Crippen LogP contribution in [0.1, 0.15) is 6.92 Å². The number of likely N-dealkylation sites (N-methyl/N-ethyl adjacent to an activating group) is 1. The number of sulfonamides is 1. The van der Waals surface area contributed by atoms with E-state index in [1.165, 1.54) is 12.1 Å². The van der Waals surface area contributed by atoms with E-state index in [0.717, 1.165) is 4.31 Å². The molecule has 0 aliphatic carbocycles. The van der Waals surface area contributed by atoms with Crippen molar-refractivity contribution in [2.45, 2.75) is 11.8 Å². The molecule has 8 heteroatoms. The Morgan fingerprint density at radius 3 is 2.25 bits per heavy atom. The first-order chi connectivity index (χ1) is 13.3. The number of nitrogens with zero attached hydrogens (tertiary/aromatic N) is 2. The number of carbonyl (C=O) groups excluding carboxylic acids is 1. The van der Waals surface area contributed by atoms with E-state index >= 15 is 0 Å². The van der Waals surface area contributed by atoms with E-state index in [2.05, 4.69) is 5.32 Å². The second-order valence-corrected chi connectivity index (χ2v) is 8.27. The molecule has 152 valence electrons. The minimum absolute atomic E-state index is 0.130. The van der Waals surface area contributed by atoms with Gasteiger partial charge in [-0.05, 0) is 57.4 Å².